The van der Waals surface area contributed by atoms with Crippen molar-refractivity contribution >= 4 is 21.8 Å². The van der Waals surface area contributed by atoms with Crippen LogP contribution in [0.2, 0.25) is 0 Å². The lowest BCUT2D eigenvalue weighted by molar-refractivity contribution is -0.163. The number of benzene rings is 2. The highest BCUT2D eigenvalue weighted by Gasteiger charge is 2.59. The van der Waals surface area contributed by atoms with Crippen LogP contribution in [0.4, 0.5) is 0 Å². The number of Topliss-reactive ketones (excluding diaryl/α,β-unsaturated/α-hetero) is 1. The summed E-state index contributed by atoms with van der Waals surface area (Å²) in [6, 6.07) is 12.6. The fraction of sp³-hybridized carbons (Fsp3) is 0.483. The molecule has 208 valence electrons. The molecular weight excluding hydrogens is 516 g/mol. The van der Waals surface area contributed by atoms with Crippen LogP contribution in [-0.2, 0) is 43.7 Å². The average Bonchev–Trinajstić information content (AvgIpc) is 2.92. The molecule has 10 heteroatoms. The number of esters is 1. The molecule has 0 radical (unpaired) electrons. The number of carbonyl (C=O) groups excluding carboxylic acids is 2. The maximum atomic E-state index is 14.2. The van der Waals surface area contributed by atoms with Crippen LogP contribution in [0.25, 0.3) is 0 Å². The Balaban J connectivity index is 1.78. The van der Waals surface area contributed by atoms with Crippen molar-refractivity contribution in [1.82, 2.24) is 9.21 Å². The molecule has 0 amide bonds. The zero-order valence-electron chi connectivity index (χ0n) is 22.7. The number of fused-ring (bicyclic) bond motifs is 1. The quantitative estimate of drug-likeness (QED) is 0.390. The molecule has 4 rings (SSSR count). The highest BCUT2D eigenvalue weighted by Crippen LogP contribution is 2.39. The van der Waals surface area contributed by atoms with E-state index in [0.29, 0.717) is 24.1 Å². The fourth-order valence-corrected chi connectivity index (χ4v) is 7.49. The van der Waals surface area contributed by atoms with Crippen LogP contribution < -0.4 is 5.73 Å². The first-order chi connectivity index (χ1) is 18.5. The first-order valence-corrected chi connectivity index (χ1v) is 14.8. The first kappa shape index (κ1) is 28.9. The van der Waals surface area contributed by atoms with E-state index in [0.717, 1.165) is 28.4 Å². The Morgan fingerprint density at radius 3 is 2.69 bits per heavy atom. The minimum absolute atomic E-state index is 0.0122. The van der Waals surface area contributed by atoms with Gasteiger partial charge in [0.25, 0.3) is 0 Å². The second-order valence-electron chi connectivity index (χ2n) is 10.7. The monoisotopic (exact) mass is 552 g/mol. The molecular formula is C29H36N4O5S. The number of hydrogen-bond acceptors (Lipinski definition) is 8. The van der Waals surface area contributed by atoms with E-state index in [-0.39, 0.29) is 36.8 Å². The third-order valence-electron chi connectivity index (χ3n) is 7.73. The molecule has 2 aromatic carbocycles. The van der Waals surface area contributed by atoms with Crippen LogP contribution in [0.3, 0.4) is 0 Å². The summed E-state index contributed by atoms with van der Waals surface area (Å²) in [4.78, 5) is 30.0. The van der Waals surface area contributed by atoms with Crippen LogP contribution in [0.15, 0.2) is 47.4 Å². The van der Waals surface area contributed by atoms with Crippen LogP contribution in [-0.4, -0.2) is 67.7 Å². The lowest BCUT2D eigenvalue weighted by Gasteiger charge is -2.45. The number of sulfonamides is 1. The number of nitrogens with zero attached hydrogens (tertiary/aromatic N) is 3. The molecule has 1 saturated heterocycles. The van der Waals surface area contributed by atoms with Gasteiger partial charge in [0.1, 0.15) is 0 Å². The Morgan fingerprint density at radius 2 is 1.97 bits per heavy atom. The summed E-state index contributed by atoms with van der Waals surface area (Å²) < 4.78 is 34.9. The van der Waals surface area contributed by atoms with Crippen molar-refractivity contribution in [3.63, 3.8) is 0 Å². The highest BCUT2D eigenvalue weighted by atomic mass is 32.2. The predicted octanol–water partition coefficient (Wildman–Crippen LogP) is 2.41. The molecule has 0 unspecified atom stereocenters. The molecule has 0 spiro atoms. The van der Waals surface area contributed by atoms with Crippen molar-refractivity contribution in [1.29, 1.82) is 5.26 Å². The number of piperidine rings is 1. The minimum atomic E-state index is -4.27. The van der Waals surface area contributed by atoms with E-state index in [4.69, 9.17) is 10.5 Å². The maximum Gasteiger partial charge on any atom is 0.335 e. The van der Waals surface area contributed by atoms with E-state index in [1.807, 2.05) is 20.0 Å². The fourth-order valence-electron chi connectivity index (χ4n) is 5.71. The van der Waals surface area contributed by atoms with Crippen molar-refractivity contribution in [2.24, 2.45) is 11.7 Å². The number of likely N-dealkylation sites (N-methyl/N-ethyl adjacent to an activating group) is 1. The SMILES string of the molecule is CCOC(=O)[C@@]1(C(=O)[C@@H](N)Cc2cccc(C#N)c2)C[C@H](C)CCN1S(=O)(=O)c1ccc2c(c1)CN(C)CC2. The number of ketones is 1. The van der Waals surface area contributed by atoms with Gasteiger partial charge in [-0.2, -0.15) is 9.57 Å². The number of nitriles is 1. The zero-order valence-corrected chi connectivity index (χ0v) is 23.5. The number of hydrogen-bond donors (Lipinski definition) is 1. The van der Waals surface area contributed by atoms with Crippen molar-refractivity contribution in [3.05, 3.63) is 64.7 Å². The predicted molar refractivity (Wildman–Crippen MR) is 146 cm³/mol. The average molecular weight is 553 g/mol. The summed E-state index contributed by atoms with van der Waals surface area (Å²) in [7, 11) is -2.29. The number of nitrogens with two attached hydrogens (primary N) is 1. The Hall–Kier alpha value is -3.10. The van der Waals surface area contributed by atoms with Gasteiger partial charge in [-0.25, -0.2) is 13.2 Å². The van der Waals surface area contributed by atoms with Crippen molar-refractivity contribution in [2.45, 2.75) is 62.6 Å². The van der Waals surface area contributed by atoms with Crippen LogP contribution in [0.1, 0.15) is 48.9 Å². The molecule has 2 aliphatic rings. The van der Waals surface area contributed by atoms with E-state index >= 15 is 0 Å². The normalized spacial score (nSPS) is 22.9. The third-order valence-corrected chi connectivity index (χ3v) is 9.66. The molecule has 0 saturated carbocycles. The summed E-state index contributed by atoms with van der Waals surface area (Å²) in [6.07, 6.45) is 1.33. The molecule has 1 fully saturated rings. The molecule has 2 N–H and O–H groups in total. The maximum absolute atomic E-state index is 14.2. The molecule has 2 aliphatic heterocycles. The van der Waals surface area contributed by atoms with Crippen LogP contribution in [0.5, 0.6) is 0 Å². The Bertz CT molecular complexity index is 1400. The van der Waals surface area contributed by atoms with Gasteiger partial charge in [0.15, 0.2) is 11.3 Å². The topological polar surface area (TPSA) is 134 Å². The van der Waals surface area contributed by atoms with Gasteiger partial charge < -0.3 is 15.4 Å². The van der Waals surface area contributed by atoms with Crippen molar-refractivity contribution in [3.8, 4) is 6.07 Å². The lowest BCUT2D eigenvalue weighted by Crippen LogP contribution is -2.68. The second-order valence-corrected chi connectivity index (χ2v) is 12.5. The van der Waals surface area contributed by atoms with E-state index < -0.39 is 33.4 Å². The molecule has 9 nitrogen and oxygen atoms in total. The molecule has 0 aromatic heterocycles. The van der Waals surface area contributed by atoms with Gasteiger partial charge in [0.2, 0.25) is 10.0 Å². The third kappa shape index (κ3) is 5.63. The number of rotatable bonds is 8. The van der Waals surface area contributed by atoms with E-state index in [1.54, 1.807) is 43.3 Å². The van der Waals surface area contributed by atoms with Gasteiger partial charge in [-0.1, -0.05) is 25.1 Å². The standard InChI is InChI=1S/C29H36N4O5S/c1-4-38-28(35)29(27(34)26(31)15-21-6-5-7-22(14-21)18-30)17-20(2)10-13-33(29)39(36,37)25-9-8-23-11-12-32(3)19-24(23)16-25/h5-9,14,16,20,26H,4,10-13,15,17,19,31H2,1-3H3/t20-,26+,29+/m1/s1. The van der Waals surface area contributed by atoms with E-state index in [9.17, 15) is 23.3 Å². The van der Waals surface area contributed by atoms with Gasteiger partial charge in [-0.15, -0.1) is 0 Å². The molecule has 0 aliphatic carbocycles. The smallest absolute Gasteiger partial charge is 0.335 e. The Kier molecular flexibility index (Phi) is 8.57. The van der Waals surface area contributed by atoms with E-state index in [2.05, 4.69) is 11.0 Å². The second kappa shape index (κ2) is 11.6. The zero-order chi connectivity index (χ0) is 28.4. The molecule has 2 heterocycles. The minimum Gasteiger partial charge on any atom is -0.464 e. The largest absolute Gasteiger partial charge is 0.464 e. The highest BCUT2D eigenvalue weighted by molar-refractivity contribution is 7.89. The Labute approximate surface area is 230 Å². The Morgan fingerprint density at radius 1 is 1.21 bits per heavy atom. The summed E-state index contributed by atoms with van der Waals surface area (Å²) >= 11 is 0. The number of ether oxygens (including phenoxy) is 1. The van der Waals surface area contributed by atoms with Gasteiger partial charge in [0.05, 0.1) is 29.2 Å². The summed E-state index contributed by atoms with van der Waals surface area (Å²) in [5.41, 5.74) is 7.40. The van der Waals surface area contributed by atoms with Gasteiger partial charge in [0, 0.05) is 19.6 Å². The summed E-state index contributed by atoms with van der Waals surface area (Å²) in [5, 5.41) is 9.25. The summed E-state index contributed by atoms with van der Waals surface area (Å²) in [5.74, 6) is -1.71. The summed E-state index contributed by atoms with van der Waals surface area (Å²) in [6.45, 7) is 4.99. The van der Waals surface area contributed by atoms with E-state index in [1.165, 1.54) is 0 Å². The lowest BCUT2D eigenvalue weighted by atomic mass is 9.76. The van der Waals surface area contributed by atoms with Crippen molar-refractivity contribution < 1.29 is 22.7 Å². The molecule has 39 heavy (non-hydrogen) atoms. The van der Waals surface area contributed by atoms with Crippen molar-refractivity contribution in [2.75, 3.05) is 26.7 Å². The molecule has 0 bridgehead atoms. The van der Waals surface area contributed by atoms with Gasteiger partial charge >= 0.3 is 5.97 Å². The van der Waals surface area contributed by atoms with Gasteiger partial charge in [-0.3, -0.25) is 4.79 Å². The van der Waals surface area contributed by atoms with Crippen LogP contribution >= 0.6 is 0 Å². The first-order valence-electron chi connectivity index (χ1n) is 13.3. The van der Waals surface area contributed by atoms with Gasteiger partial charge in [-0.05, 0) is 86.5 Å². The number of carbonyl (C=O) groups is 2. The molecule has 2 aromatic rings. The molecule has 3 atom stereocenters. The van der Waals surface area contributed by atoms with Crippen LogP contribution in [0, 0.1) is 17.2 Å².